The van der Waals surface area contributed by atoms with Crippen LogP contribution in [0.2, 0.25) is 0 Å². The summed E-state index contributed by atoms with van der Waals surface area (Å²) in [5, 5.41) is 0. The van der Waals surface area contributed by atoms with Gasteiger partial charge in [0.25, 0.3) is 0 Å². The minimum absolute atomic E-state index is 0.374. The van der Waals surface area contributed by atoms with Gasteiger partial charge in [0.2, 0.25) is 0 Å². The summed E-state index contributed by atoms with van der Waals surface area (Å²) < 4.78 is 0. The van der Waals surface area contributed by atoms with Crippen LogP contribution in [0.1, 0.15) is 38.3 Å². The Hall–Kier alpha value is -0.860. The monoisotopic (exact) mass is 246 g/mol. The fraction of sp³-hybridized carbons (Fsp3) is 0.625. The highest BCUT2D eigenvalue weighted by molar-refractivity contribution is 5.22. The van der Waals surface area contributed by atoms with Crippen LogP contribution in [0.15, 0.2) is 24.3 Å². The molecule has 3 unspecified atom stereocenters. The Morgan fingerprint density at radius 3 is 2.39 bits per heavy atom. The van der Waals surface area contributed by atoms with Crippen LogP contribution in [0.3, 0.4) is 0 Å². The molecule has 3 atom stereocenters. The number of rotatable bonds is 3. The van der Waals surface area contributed by atoms with Crippen molar-refractivity contribution in [3.8, 4) is 0 Å². The molecule has 0 saturated carbocycles. The van der Waals surface area contributed by atoms with E-state index in [0.29, 0.717) is 18.0 Å². The normalized spacial score (nSPS) is 29.4. The molecule has 1 saturated heterocycles. The minimum atomic E-state index is 0.374. The number of aryl methyl sites for hydroxylation is 1. The predicted molar refractivity (Wildman–Crippen MR) is 77.4 cm³/mol. The predicted octanol–water partition coefficient (Wildman–Crippen LogP) is 2.81. The van der Waals surface area contributed by atoms with Crippen LogP contribution < -0.4 is 5.73 Å². The maximum Gasteiger partial charge on any atom is 0.0236 e. The van der Waals surface area contributed by atoms with Crippen molar-refractivity contribution in [3.05, 3.63) is 35.4 Å². The topological polar surface area (TPSA) is 29.3 Å². The molecule has 0 bridgehead atoms. The second-order valence-electron chi connectivity index (χ2n) is 5.69. The molecule has 1 aromatic carbocycles. The van der Waals surface area contributed by atoms with E-state index in [9.17, 15) is 0 Å². The minimum Gasteiger partial charge on any atom is -0.327 e. The van der Waals surface area contributed by atoms with E-state index in [1.165, 1.54) is 11.1 Å². The molecule has 100 valence electrons. The second-order valence-corrected chi connectivity index (χ2v) is 5.69. The quantitative estimate of drug-likeness (QED) is 0.888. The van der Waals surface area contributed by atoms with Crippen molar-refractivity contribution >= 4 is 0 Å². The first-order valence-electron chi connectivity index (χ1n) is 7.19. The molecule has 2 rings (SSSR count). The van der Waals surface area contributed by atoms with Crippen LogP contribution in [0.5, 0.6) is 0 Å². The standard InChI is InChI=1S/C16H26N2/c1-4-14-5-7-15(8-6-14)11-18-10-9-16(17)12(2)13(18)3/h5-8,12-13,16H,4,9-11,17H2,1-3H3. The van der Waals surface area contributed by atoms with Crippen molar-refractivity contribution in [1.82, 2.24) is 4.90 Å². The highest BCUT2D eigenvalue weighted by Crippen LogP contribution is 2.24. The van der Waals surface area contributed by atoms with Gasteiger partial charge >= 0.3 is 0 Å². The fourth-order valence-electron chi connectivity index (χ4n) is 2.81. The Balaban J connectivity index is 2.00. The lowest BCUT2D eigenvalue weighted by Gasteiger charge is -2.41. The van der Waals surface area contributed by atoms with E-state index in [0.717, 1.165) is 25.9 Å². The molecule has 1 fully saturated rings. The van der Waals surface area contributed by atoms with Crippen molar-refractivity contribution in [2.45, 2.75) is 52.2 Å². The van der Waals surface area contributed by atoms with Gasteiger partial charge in [0.15, 0.2) is 0 Å². The number of hydrogen-bond donors (Lipinski definition) is 1. The van der Waals surface area contributed by atoms with Crippen LogP contribution >= 0.6 is 0 Å². The number of nitrogens with zero attached hydrogens (tertiary/aromatic N) is 1. The van der Waals surface area contributed by atoms with Gasteiger partial charge in [-0.05, 0) is 36.8 Å². The molecule has 0 amide bonds. The number of piperidine rings is 1. The van der Waals surface area contributed by atoms with Gasteiger partial charge in [-0.15, -0.1) is 0 Å². The molecule has 18 heavy (non-hydrogen) atoms. The molecule has 2 nitrogen and oxygen atoms in total. The Labute approximate surface area is 111 Å². The third-order valence-corrected chi connectivity index (χ3v) is 4.58. The van der Waals surface area contributed by atoms with Crippen molar-refractivity contribution in [1.29, 1.82) is 0 Å². The Bertz CT molecular complexity index is 371. The van der Waals surface area contributed by atoms with Crippen molar-refractivity contribution in [2.24, 2.45) is 11.7 Å². The third-order valence-electron chi connectivity index (χ3n) is 4.58. The van der Waals surface area contributed by atoms with Gasteiger partial charge in [-0.2, -0.15) is 0 Å². The lowest BCUT2D eigenvalue weighted by Crippen LogP contribution is -2.51. The summed E-state index contributed by atoms with van der Waals surface area (Å²) in [6.07, 6.45) is 2.24. The van der Waals surface area contributed by atoms with Gasteiger partial charge in [0.05, 0.1) is 0 Å². The van der Waals surface area contributed by atoms with Crippen molar-refractivity contribution < 1.29 is 0 Å². The number of hydrogen-bond acceptors (Lipinski definition) is 2. The lowest BCUT2D eigenvalue weighted by molar-refractivity contribution is 0.0910. The molecule has 0 aromatic heterocycles. The van der Waals surface area contributed by atoms with Crippen molar-refractivity contribution in [3.63, 3.8) is 0 Å². The Morgan fingerprint density at radius 2 is 1.78 bits per heavy atom. The van der Waals surface area contributed by atoms with Crippen LogP contribution in [0.4, 0.5) is 0 Å². The molecular weight excluding hydrogens is 220 g/mol. The fourth-order valence-corrected chi connectivity index (χ4v) is 2.81. The van der Waals surface area contributed by atoms with Gasteiger partial charge in [-0.3, -0.25) is 4.90 Å². The van der Waals surface area contributed by atoms with Crippen LogP contribution in [-0.4, -0.2) is 23.5 Å². The summed E-state index contributed by atoms with van der Waals surface area (Å²) in [4.78, 5) is 2.56. The highest BCUT2D eigenvalue weighted by Gasteiger charge is 2.29. The Morgan fingerprint density at radius 1 is 1.17 bits per heavy atom. The van der Waals surface area contributed by atoms with Gasteiger partial charge in [-0.1, -0.05) is 38.1 Å². The van der Waals surface area contributed by atoms with Gasteiger partial charge in [0, 0.05) is 25.2 Å². The molecule has 1 aliphatic heterocycles. The van der Waals surface area contributed by atoms with Gasteiger partial charge in [0.1, 0.15) is 0 Å². The summed E-state index contributed by atoms with van der Waals surface area (Å²) in [5.41, 5.74) is 8.97. The summed E-state index contributed by atoms with van der Waals surface area (Å²) in [5.74, 6) is 0.591. The molecule has 0 spiro atoms. The summed E-state index contributed by atoms with van der Waals surface area (Å²) in [7, 11) is 0. The van der Waals surface area contributed by atoms with Crippen LogP contribution in [0, 0.1) is 5.92 Å². The third kappa shape index (κ3) is 2.93. The summed E-state index contributed by atoms with van der Waals surface area (Å²) >= 11 is 0. The van der Waals surface area contributed by atoms with Crippen LogP contribution in [-0.2, 0) is 13.0 Å². The zero-order valence-corrected chi connectivity index (χ0v) is 11.9. The average molecular weight is 246 g/mol. The SMILES string of the molecule is CCc1ccc(CN2CCC(N)C(C)C2C)cc1. The molecule has 1 heterocycles. The van der Waals surface area contributed by atoms with E-state index >= 15 is 0 Å². The van der Waals surface area contributed by atoms with Crippen molar-refractivity contribution in [2.75, 3.05) is 6.54 Å². The zero-order chi connectivity index (χ0) is 13.1. The molecule has 2 N–H and O–H groups in total. The number of likely N-dealkylation sites (tertiary alicyclic amines) is 1. The molecule has 1 aliphatic rings. The molecule has 0 radical (unpaired) electrons. The lowest BCUT2D eigenvalue weighted by atomic mass is 9.87. The van der Waals surface area contributed by atoms with E-state index in [-0.39, 0.29) is 0 Å². The van der Waals surface area contributed by atoms with Crippen LogP contribution in [0.25, 0.3) is 0 Å². The second kappa shape index (κ2) is 5.85. The maximum absolute atomic E-state index is 6.14. The highest BCUT2D eigenvalue weighted by atomic mass is 15.2. The smallest absolute Gasteiger partial charge is 0.0236 e. The largest absolute Gasteiger partial charge is 0.327 e. The van der Waals surface area contributed by atoms with Gasteiger partial charge < -0.3 is 5.73 Å². The first-order valence-corrected chi connectivity index (χ1v) is 7.19. The zero-order valence-electron chi connectivity index (χ0n) is 11.9. The van der Waals surface area contributed by atoms with E-state index in [1.807, 2.05) is 0 Å². The molecule has 1 aromatic rings. The molecular formula is C16H26N2. The molecule has 2 heteroatoms. The van der Waals surface area contributed by atoms with E-state index in [1.54, 1.807) is 0 Å². The van der Waals surface area contributed by atoms with Gasteiger partial charge in [-0.25, -0.2) is 0 Å². The van der Waals surface area contributed by atoms with E-state index < -0.39 is 0 Å². The summed E-state index contributed by atoms with van der Waals surface area (Å²) in [6.45, 7) is 8.97. The first kappa shape index (κ1) is 13.6. The summed E-state index contributed by atoms with van der Waals surface area (Å²) in [6, 6.07) is 9.99. The Kier molecular flexibility index (Phi) is 4.41. The number of nitrogens with two attached hydrogens (primary N) is 1. The van der Waals surface area contributed by atoms with E-state index in [2.05, 4.69) is 49.9 Å². The van der Waals surface area contributed by atoms with E-state index in [4.69, 9.17) is 5.73 Å². The number of benzene rings is 1. The molecule has 0 aliphatic carbocycles. The maximum atomic E-state index is 6.14. The first-order chi connectivity index (χ1) is 8.61. The average Bonchev–Trinajstić information content (AvgIpc) is 2.40.